The Morgan fingerprint density at radius 1 is 1.30 bits per heavy atom. The van der Waals surface area contributed by atoms with Crippen LogP contribution >= 0.6 is 0 Å². The van der Waals surface area contributed by atoms with Crippen molar-refractivity contribution in [2.45, 2.75) is 57.6 Å². The zero-order chi connectivity index (χ0) is 15.2. The first kappa shape index (κ1) is 16.8. The van der Waals surface area contributed by atoms with Crippen molar-refractivity contribution >= 4 is 12.0 Å². The fraction of sp³-hybridized carbons (Fsp3) is 0.857. The summed E-state index contributed by atoms with van der Waals surface area (Å²) in [6, 6.07) is -1.26. The van der Waals surface area contributed by atoms with Crippen LogP contribution in [0, 0.1) is 5.92 Å². The lowest BCUT2D eigenvalue weighted by molar-refractivity contribution is -0.141. The molecule has 3 N–H and O–H groups in total. The van der Waals surface area contributed by atoms with Gasteiger partial charge in [0.1, 0.15) is 6.04 Å². The molecular weight excluding hydrogens is 260 g/mol. The van der Waals surface area contributed by atoms with Crippen molar-refractivity contribution in [2.75, 3.05) is 13.7 Å². The number of methoxy groups -OCH3 is 1. The number of rotatable bonds is 6. The Morgan fingerprint density at radius 2 is 1.90 bits per heavy atom. The molecule has 6 heteroatoms. The van der Waals surface area contributed by atoms with Crippen molar-refractivity contribution in [2.24, 2.45) is 5.92 Å². The fourth-order valence-corrected chi connectivity index (χ4v) is 2.41. The van der Waals surface area contributed by atoms with Crippen LogP contribution in [0.15, 0.2) is 0 Å². The van der Waals surface area contributed by atoms with Gasteiger partial charge in [-0.2, -0.15) is 0 Å². The van der Waals surface area contributed by atoms with E-state index in [4.69, 9.17) is 4.74 Å². The lowest BCUT2D eigenvalue weighted by Gasteiger charge is -2.29. The first-order valence-corrected chi connectivity index (χ1v) is 7.18. The number of amides is 2. The van der Waals surface area contributed by atoms with Crippen LogP contribution < -0.4 is 10.6 Å². The molecule has 1 fully saturated rings. The van der Waals surface area contributed by atoms with Crippen molar-refractivity contribution in [1.82, 2.24) is 10.6 Å². The molecule has 1 unspecified atom stereocenters. The van der Waals surface area contributed by atoms with Gasteiger partial charge in [-0.1, -0.05) is 19.3 Å². The maximum absolute atomic E-state index is 11.8. The Bertz CT molecular complexity index is 338. The van der Waals surface area contributed by atoms with Crippen molar-refractivity contribution in [3.63, 3.8) is 0 Å². The third-order valence-electron chi connectivity index (χ3n) is 3.90. The zero-order valence-electron chi connectivity index (χ0n) is 12.6. The summed E-state index contributed by atoms with van der Waals surface area (Å²) in [6.45, 7) is 4.03. The largest absolute Gasteiger partial charge is 0.480 e. The van der Waals surface area contributed by atoms with Crippen molar-refractivity contribution < 1.29 is 19.4 Å². The molecule has 1 atom stereocenters. The Kier molecular flexibility index (Phi) is 6.26. The average molecular weight is 286 g/mol. The quantitative estimate of drug-likeness (QED) is 0.694. The highest BCUT2D eigenvalue weighted by molar-refractivity contribution is 5.82. The topological polar surface area (TPSA) is 87.7 Å². The van der Waals surface area contributed by atoms with Gasteiger partial charge in [-0.25, -0.2) is 9.59 Å². The van der Waals surface area contributed by atoms with Gasteiger partial charge in [0.2, 0.25) is 0 Å². The number of ether oxygens (including phenoxy) is 1. The lowest BCUT2D eigenvalue weighted by atomic mass is 9.84. The van der Waals surface area contributed by atoms with Gasteiger partial charge in [-0.15, -0.1) is 0 Å². The smallest absolute Gasteiger partial charge is 0.326 e. The highest BCUT2D eigenvalue weighted by Crippen LogP contribution is 2.26. The first-order chi connectivity index (χ1) is 9.35. The zero-order valence-corrected chi connectivity index (χ0v) is 12.6. The second-order valence-corrected chi connectivity index (χ2v) is 6.00. The predicted octanol–water partition coefficient (Wildman–Crippen LogP) is 1.74. The number of carbonyl (C=O) groups is 2. The molecule has 2 amide bonds. The number of hydrogen-bond acceptors (Lipinski definition) is 3. The maximum atomic E-state index is 11.8. The minimum absolute atomic E-state index is 0.0300. The number of hydrogen-bond donors (Lipinski definition) is 3. The summed E-state index contributed by atoms with van der Waals surface area (Å²) >= 11 is 0. The molecule has 1 aliphatic rings. The first-order valence-electron chi connectivity index (χ1n) is 7.18. The summed E-state index contributed by atoms with van der Waals surface area (Å²) in [4.78, 5) is 23.1. The van der Waals surface area contributed by atoms with Gasteiger partial charge in [-0.3, -0.25) is 0 Å². The second kappa shape index (κ2) is 7.47. The summed E-state index contributed by atoms with van der Waals surface area (Å²) in [5.41, 5.74) is -0.471. The normalized spacial score (nSPS) is 18.4. The number of aliphatic carboxylic acids is 1. The molecule has 6 nitrogen and oxygen atoms in total. The molecule has 0 saturated heterocycles. The Hall–Kier alpha value is -1.30. The van der Waals surface area contributed by atoms with E-state index in [9.17, 15) is 14.7 Å². The molecule has 0 aromatic carbocycles. The molecular formula is C14H26N2O4. The van der Waals surface area contributed by atoms with Gasteiger partial charge in [0.05, 0.1) is 5.60 Å². The van der Waals surface area contributed by atoms with E-state index < -0.39 is 23.6 Å². The third kappa shape index (κ3) is 5.36. The molecule has 0 spiro atoms. The molecule has 1 rings (SSSR count). The van der Waals surface area contributed by atoms with Crippen molar-refractivity contribution in [3.05, 3.63) is 0 Å². The summed E-state index contributed by atoms with van der Waals surface area (Å²) < 4.78 is 5.20. The van der Waals surface area contributed by atoms with E-state index in [-0.39, 0.29) is 5.92 Å². The third-order valence-corrected chi connectivity index (χ3v) is 3.90. The van der Waals surface area contributed by atoms with Crippen molar-refractivity contribution in [1.29, 1.82) is 0 Å². The monoisotopic (exact) mass is 286 g/mol. The number of nitrogens with one attached hydrogen (secondary N) is 2. The average Bonchev–Trinajstić information content (AvgIpc) is 2.43. The SMILES string of the molecule is COC(C)(C)CNC(=O)NC(C(=O)O)C1CCCCC1. The molecule has 0 radical (unpaired) electrons. The van der Waals surface area contributed by atoms with E-state index in [1.807, 2.05) is 13.8 Å². The van der Waals surface area contributed by atoms with Gasteiger partial charge in [-0.05, 0) is 32.6 Å². The van der Waals surface area contributed by atoms with Gasteiger partial charge in [0.15, 0.2) is 0 Å². The number of carbonyl (C=O) groups excluding carboxylic acids is 1. The fourth-order valence-electron chi connectivity index (χ4n) is 2.41. The second-order valence-electron chi connectivity index (χ2n) is 6.00. The van der Waals surface area contributed by atoms with E-state index >= 15 is 0 Å². The van der Waals surface area contributed by atoms with Gasteiger partial charge >= 0.3 is 12.0 Å². The molecule has 0 aromatic rings. The van der Waals surface area contributed by atoms with Crippen LogP contribution in [0.3, 0.4) is 0 Å². The van der Waals surface area contributed by atoms with Crippen LogP contribution in [-0.4, -0.2) is 42.4 Å². The Balaban J connectivity index is 2.48. The van der Waals surface area contributed by atoms with Crippen LogP contribution in [0.25, 0.3) is 0 Å². The van der Waals surface area contributed by atoms with Gasteiger partial charge < -0.3 is 20.5 Å². The van der Waals surface area contributed by atoms with Gasteiger partial charge in [0.25, 0.3) is 0 Å². The minimum atomic E-state index is -0.960. The molecule has 0 bridgehead atoms. The van der Waals surface area contributed by atoms with E-state index in [1.54, 1.807) is 7.11 Å². The van der Waals surface area contributed by atoms with E-state index in [2.05, 4.69) is 10.6 Å². The van der Waals surface area contributed by atoms with E-state index in [0.29, 0.717) is 6.54 Å². The molecule has 1 saturated carbocycles. The summed E-state index contributed by atoms with van der Waals surface area (Å²) in [5.74, 6) is -0.930. The lowest BCUT2D eigenvalue weighted by Crippen LogP contribution is -2.52. The molecule has 0 heterocycles. The summed E-state index contributed by atoms with van der Waals surface area (Å²) in [5, 5.41) is 14.5. The molecule has 1 aliphatic carbocycles. The highest BCUT2D eigenvalue weighted by Gasteiger charge is 2.31. The standard InChI is InChI=1S/C14H26N2O4/c1-14(2,20-3)9-15-13(19)16-11(12(17)18)10-7-5-4-6-8-10/h10-11H,4-9H2,1-3H3,(H,17,18)(H2,15,16,19). The van der Waals surface area contributed by atoms with E-state index in [0.717, 1.165) is 32.1 Å². The Morgan fingerprint density at radius 3 is 2.40 bits per heavy atom. The number of carboxylic acids is 1. The molecule has 116 valence electrons. The molecule has 0 aliphatic heterocycles. The number of carboxylic acid groups (broad SMARTS) is 1. The van der Waals surface area contributed by atoms with E-state index in [1.165, 1.54) is 0 Å². The summed E-state index contributed by atoms with van der Waals surface area (Å²) in [7, 11) is 1.57. The molecule has 20 heavy (non-hydrogen) atoms. The van der Waals surface area contributed by atoms with Crippen LogP contribution in [0.2, 0.25) is 0 Å². The molecule has 0 aromatic heterocycles. The van der Waals surface area contributed by atoms with Crippen LogP contribution in [-0.2, 0) is 9.53 Å². The van der Waals surface area contributed by atoms with Crippen LogP contribution in [0.1, 0.15) is 46.0 Å². The number of urea groups is 1. The van der Waals surface area contributed by atoms with Gasteiger partial charge in [0, 0.05) is 13.7 Å². The highest BCUT2D eigenvalue weighted by atomic mass is 16.5. The van der Waals surface area contributed by atoms with Crippen LogP contribution in [0.4, 0.5) is 4.79 Å². The Labute approximate surface area is 120 Å². The minimum Gasteiger partial charge on any atom is -0.480 e. The maximum Gasteiger partial charge on any atom is 0.326 e. The predicted molar refractivity (Wildman–Crippen MR) is 75.6 cm³/mol. The summed E-state index contributed by atoms with van der Waals surface area (Å²) in [6.07, 6.45) is 4.95. The van der Waals surface area contributed by atoms with Crippen LogP contribution in [0.5, 0.6) is 0 Å². The van der Waals surface area contributed by atoms with Crippen molar-refractivity contribution in [3.8, 4) is 0 Å².